The second-order valence-electron chi connectivity index (χ2n) is 4.87. The lowest BCUT2D eigenvalue weighted by Gasteiger charge is -2.20. The number of furan rings is 1. The molecule has 3 aromatic heterocycles. The zero-order valence-electron chi connectivity index (χ0n) is 11.9. The Kier molecular flexibility index (Phi) is 3.83. The van der Waals surface area contributed by atoms with Gasteiger partial charge in [-0.25, -0.2) is 0 Å². The van der Waals surface area contributed by atoms with Gasteiger partial charge < -0.3 is 14.2 Å². The van der Waals surface area contributed by atoms with Crippen molar-refractivity contribution in [3.8, 4) is 11.7 Å². The molecule has 2 atom stereocenters. The summed E-state index contributed by atoms with van der Waals surface area (Å²) in [7, 11) is 0. The summed E-state index contributed by atoms with van der Waals surface area (Å²) in [6, 6.07) is 5.92. The number of rotatable bonds is 6. The van der Waals surface area contributed by atoms with Gasteiger partial charge in [-0.2, -0.15) is 5.10 Å². The first-order valence-electron chi connectivity index (χ1n) is 6.83. The van der Waals surface area contributed by atoms with Crippen molar-refractivity contribution >= 4 is 0 Å². The predicted octanol–water partition coefficient (Wildman–Crippen LogP) is 2.27. The Labute approximate surface area is 122 Å². The number of nitrogens with one attached hydrogen (secondary N) is 1. The Morgan fingerprint density at radius 2 is 2.19 bits per heavy atom. The minimum absolute atomic E-state index is 0.212. The van der Waals surface area contributed by atoms with Crippen LogP contribution in [0.1, 0.15) is 25.8 Å². The molecule has 0 radical (unpaired) electrons. The Morgan fingerprint density at radius 3 is 2.90 bits per heavy atom. The van der Waals surface area contributed by atoms with Gasteiger partial charge in [0.1, 0.15) is 0 Å². The Bertz CT molecular complexity index is 659. The Morgan fingerprint density at radius 1 is 1.29 bits per heavy atom. The molecule has 3 aromatic rings. The van der Waals surface area contributed by atoms with Crippen LogP contribution in [-0.2, 0) is 6.54 Å². The molecule has 0 unspecified atom stereocenters. The summed E-state index contributed by atoms with van der Waals surface area (Å²) in [5, 5.41) is 15.6. The van der Waals surface area contributed by atoms with Gasteiger partial charge in [-0.3, -0.25) is 4.68 Å². The molecule has 3 rings (SSSR count). The Hall–Kier alpha value is -2.41. The van der Waals surface area contributed by atoms with Gasteiger partial charge in [-0.15, -0.1) is 10.2 Å². The second kappa shape index (κ2) is 5.92. The molecule has 0 aliphatic rings. The van der Waals surface area contributed by atoms with Gasteiger partial charge in [0.05, 0.1) is 18.8 Å². The summed E-state index contributed by atoms with van der Waals surface area (Å²) in [5.74, 6) is 1.50. The van der Waals surface area contributed by atoms with Crippen LogP contribution in [0.5, 0.6) is 0 Å². The lowest BCUT2D eigenvalue weighted by Crippen LogP contribution is -2.33. The zero-order chi connectivity index (χ0) is 14.7. The average Bonchev–Trinajstić information content (AvgIpc) is 3.25. The first kappa shape index (κ1) is 13.6. The molecular formula is C14H17N5O2. The van der Waals surface area contributed by atoms with E-state index in [9.17, 15) is 0 Å². The van der Waals surface area contributed by atoms with Crippen molar-refractivity contribution in [3.63, 3.8) is 0 Å². The van der Waals surface area contributed by atoms with E-state index in [1.165, 1.54) is 0 Å². The van der Waals surface area contributed by atoms with Crippen molar-refractivity contribution in [2.45, 2.75) is 32.5 Å². The largest absolute Gasteiger partial charge is 0.459 e. The van der Waals surface area contributed by atoms with E-state index in [4.69, 9.17) is 8.83 Å². The molecule has 0 fully saturated rings. The van der Waals surface area contributed by atoms with Crippen LogP contribution in [-0.4, -0.2) is 26.0 Å². The van der Waals surface area contributed by atoms with E-state index in [2.05, 4.69) is 34.5 Å². The summed E-state index contributed by atoms with van der Waals surface area (Å²) >= 11 is 0. The molecular weight excluding hydrogens is 270 g/mol. The summed E-state index contributed by atoms with van der Waals surface area (Å²) in [5.41, 5.74) is 0. The van der Waals surface area contributed by atoms with E-state index in [-0.39, 0.29) is 12.1 Å². The second-order valence-corrected chi connectivity index (χ2v) is 4.87. The van der Waals surface area contributed by atoms with Crippen LogP contribution in [0.2, 0.25) is 0 Å². The fraction of sp³-hybridized carbons (Fsp3) is 0.357. The van der Waals surface area contributed by atoms with E-state index in [1.807, 2.05) is 16.9 Å². The van der Waals surface area contributed by atoms with Crippen molar-refractivity contribution in [1.82, 2.24) is 25.3 Å². The first-order valence-corrected chi connectivity index (χ1v) is 6.83. The van der Waals surface area contributed by atoms with Gasteiger partial charge in [0.25, 0.3) is 5.89 Å². The molecule has 1 N–H and O–H groups in total. The smallest absolute Gasteiger partial charge is 0.283 e. The van der Waals surface area contributed by atoms with E-state index in [0.717, 1.165) is 0 Å². The molecule has 110 valence electrons. The maximum atomic E-state index is 5.55. The van der Waals surface area contributed by atoms with Gasteiger partial charge in [-0.05, 0) is 32.0 Å². The normalized spacial score (nSPS) is 14.2. The van der Waals surface area contributed by atoms with Crippen LogP contribution in [0.25, 0.3) is 11.7 Å². The van der Waals surface area contributed by atoms with Crippen LogP contribution in [0.15, 0.2) is 45.7 Å². The van der Waals surface area contributed by atoms with E-state index in [1.54, 1.807) is 24.6 Å². The highest BCUT2D eigenvalue weighted by atomic mass is 16.4. The van der Waals surface area contributed by atoms with Gasteiger partial charge >= 0.3 is 0 Å². The highest BCUT2D eigenvalue weighted by Gasteiger charge is 2.16. The third-order valence-electron chi connectivity index (χ3n) is 3.44. The van der Waals surface area contributed by atoms with Gasteiger partial charge in [0, 0.05) is 18.4 Å². The fourth-order valence-electron chi connectivity index (χ4n) is 1.99. The average molecular weight is 287 g/mol. The molecule has 0 bridgehead atoms. The highest BCUT2D eigenvalue weighted by Crippen LogP contribution is 2.18. The molecule has 0 amide bonds. The van der Waals surface area contributed by atoms with Crippen molar-refractivity contribution in [1.29, 1.82) is 0 Å². The van der Waals surface area contributed by atoms with Gasteiger partial charge in [0.15, 0.2) is 5.76 Å². The maximum absolute atomic E-state index is 5.55. The van der Waals surface area contributed by atoms with E-state index < -0.39 is 0 Å². The number of aromatic nitrogens is 4. The highest BCUT2D eigenvalue weighted by molar-refractivity contribution is 5.42. The molecule has 0 aliphatic carbocycles. The van der Waals surface area contributed by atoms with Crippen LogP contribution >= 0.6 is 0 Å². The van der Waals surface area contributed by atoms with Crippen molar-refractivity contribution in [2.24, 2.45) is 0 Å². The fourth-order valence-corrected chi connectivity index (χ4v) is 1.99. The molecule has 7 nitrogen and oxygen atoms in total. The van der Waals surface area contributed by atoms with E-state index >= 15 is 0 Å². The topological polar surface area (TPSA) is 81.9 Å². The van der Waals surface area contributed by atoms with E-state index in [0.29, 0.717) is 24.1 Å². The monoisotopic (exact) mass is 287 g/mol. The lowest BCUT2D eigenvalue weighted by atomic mass is 10.2. The summed E-state index contributed by atoms with van der Waals surface area (Å²) in [6.07, 6.45) is 5.30. The third-order valence-corrected chi connectivity index (χ3v) is 3.44. The Balaban J connectivity index is 1.58. The number of nitrogens with zero attached hydrogens (tertiary/aromatic N) is 4. The quantitative estimate of drug-likeness (QED) is 0.749. The maximum Gasteiger partial charge on any atom is 0.283 e. The molecule has 0 aliphatic heterocycles. The minimum atomic E-state index is 0.212. The third kappa shape index (κ3) is 3.03. The summed E-state index contributed by atoms with van der Waals surface area (Å²) < 4.78 is 12.7. The van der Waals surface area contributed by atoms with Crippen molar-refractivity contribution in [3.05, 3.63) is 42.7 Å². The number of hydrogen-bond acceptors (Lipinski definition) is 6. The first-order chi connectivity index (χ1) is 10.2. The lowest BCUT2D eigenvalue weighted by molar-refractivity contribution is 0.348. The summed E-state index contributed by atoms with van der Waals surface area (Å²) in [4.78, 5) is 0. The van der Waals surface area contributed by atoms with Crippen LogP contribution in [0.4, 0.5) is 0 Å². The number of hydrogen-bond donors (Lipinski definition) is 1. The molecule has 3 heterocycles. The van der Waals surface area contributed by atoms with Crippen LogP contribution < -0.4 is 5.32 Å². The summed E-state index contributed by atoms with van der Waals surface area (Å²) in [6.45, 7) is 4.70. The minimum Gasteiger partial charge on any atom is -0.459 e. The molecule has 0 aromatic carbocycles. The van der Waals surface area contributed by atoms with Crippen molar-refractivity contribution < 1.29 is 8.83 Å². The van der Waals surface area contributed by atoms with Gasteiger partial charge in [0.2, 0.25) is 5.89 Å². The zero-order valence-corrected chi connectivity index (χ0v) is 11.9. The molecule has 0 saturated carbocycles. The molecule has 0 saturated heterocycles. The van der Waals surface area contributed by atoms with Crippen LogP contribution in [0.3, 0.4) is 0 Å². The predicted molar refractivity (Wildman–Crippen MR) is 75.2 cm³/mol. The van der Waals surface area contributed by atoms with Gasteiger partial charge in [-0.1, -0.05) is 0 Å². The van der Waals surface area contributed by atoms with Crippen LogP contribution in [0, 0.1) is 0 Å². The molecule has 0 spiro atoms. The SMILES string of the molecule is C[C@H]([C@@H](C)NCc1nnc(-c2ccco2)o1)n1cccn1. The molecule has 21 heavy (non-hydrogen) atoms. The van der Waals surface area contributed by atoms with Crippen molar-refractivity contribution in [2.75, 3.05) is 0 Å². The molecule has 7 heteroatoms. The standard InChI is InChI=1S/C14H17N5O2/c1-10(11(2)19-7-4-6-16-19)15-9-13-17-18-14(21-13)12-5-3-8-20-12/h3-8,10-11,15H,9H2,1-2H3/t10-,11-/m1/s1.